The molecule has 7 heteroatoms. The van der Waals surface area contributed by atoms with E-state index in [0.29, 0.717) is 17.9 Å². The molecule has 0 saturated carbocycles. The number of benzene rings is 3. The third-order valence-electron chi connectivity index (χ3n) is 8.27. The molecule has 3 aromatic carbocycles. The van der Waals surface area contributed by atoms with Crippen molar-refractivity contribution in [2.75, 3.05) is 33.3 Å². The first-order valence-electron chi connectivity index (χ1n) is 14.2. The zero-order chi connectivity index (χ0) is 28.1. The summed E-state index contributed by atoms with van der Waals surface area (Å²) >= 11 is 0. The van der Waals surface area contributed by atoms with E-state index in [1.807, 2.05) is 42.5 Å². The lowest BCUT2D eigenvalue weighted by molar-refractivity contribution is -0.124. The third-order valence-corrected chi connectivity index (χ3v) is 8.27. The number of fused-ring (bicyclic) bond motifs is 1. The number of nitrogens with zero attached hydrogens (tertiary/aromatic N) is 2. The Morgan fingerprint density at radius 2 is 1.70 bits per heavy atom. The van der Waals surface area contributed by atoms with Crippen LogP contribution in [0.2, 0.25) is 0 Å². The topological polar surface area (TPSA) is 61.9 Å². The maximum Gasteiger partial charge on any atom is 0.255 e. The van der Waals surface area contributed by atoms with Crippen LogP contribution in [0.5, 0.6) is 5.75 Å². The molecular formula is C33H38FN3O3. The van der Waals surface area contributed by atoms with Crippen molar-refractivity contribution in [1.82, 2.24) is 15.1 Å². The zero-order valence-corrected chi connectivity index (χ0v) is 23.3. The maximum absolute atomic E-state index is 14.0. The second kappa shape index (κ2) is 12.6. The first kappa shape index (κ1) is 27.8. The summed E-state index contributed by atoms with van der Waals surface area (Å²) in [4.78, 5) is 32.1. The molecule has 0 radical (unpaired) electrons. The van der Waals surface area contributed by atoms with E-state index in [2.05, 4.69) is 17.1 Å². The molecule has 6 nitrogen and oxygen atoms in total. The molecule has 0 bridgehead atoms. The highest BCUT2D eigenvalue weighted by Crippen LogP contribution is 2.44. The van der Waals surface area contributed by atoms with Crippen LogP contribution in [0, 0.1) is 11.7 Å². The van der Waals surface area contributed by atoms with Gasteiger partial charge in [0.15, 0.2) is 0 Å². The molecule has 2 amide bonds. The molecule has 2 atom stereocenters. The summed E-state index contributed by atoms with van der Waals surface area (Å²) < 4.78 is 19.0. The van der Waals surface area contributed by atoms with Gasteiger partial charge in [0.05, 0.1) is 19.1 Å². The van der Waals surface area contributed by atoms with Crippen LogP contribution in [-0.4, -0.2) is 54.9 Å². The molecule has 1 N–H and O–H groups in total. The minimum atomic E-state index is -0.599. The first-order valence-corrected chi connectivity index (χ1v) is 14.2. The SMILES string of the molecule is COc1ccc([C@H]2[C@@H](C(=O)NCCCN3CCC(C)CC3)c3ccccc3C(=O)N2Cc2ccc(F)cc2)cc1. The Morgan fingerprint density at radius 3 is 2.40 bits per heavy atom. The van der Waals surface area contributed by atoms with E-state index in [1.165, 1.54) is 25.0 Å². The van der Waals surface area contributed by atoms with Gasteiger partial charge in [-0.15, -0.1) is 0 Å². The fraction of sp³-hybridized carbons (Fsp3) is 0.394. The van der Waals surface area contributed by atoms with Crippen molar-refractivity contribution in [3.05, 3.63) is 101 Å². The second-order valence-corrected chi connectivity index (χ2v) is 11.0. The normalized spacial score (nSPS) is 19.8. The lowest BCUT2D eigenvalue weighted by Crippen LogP contribution is -2.47. The highest BCUT2D eigenvalue weighted by Gasteiger charge is 2.44. The molecule has 1 fully saturated rings. The summed E-state index contributed by atoms with van der Waals surface area (Å²) in [7, 11) is 1.61. The minimum absolute atomic E-state index is 0.0999. The van der Waals surface area contributed by atoms with Gasteiger partial charge in [-0.1, -0.05) is 49.4 Å². The maximum atomic E-state index is 14.0. The van der Waals surface area contributed by atoms with Crippen LogP contribution in [0.25, 0.3) is 0 Å². The van der Waals surface area contributed by atoms with Gasteiger partial charge >= 0.3 is 0 Å². The first-order chi connectivity index (χ1) is 19.4. The monoisotopic (exact) mass is 543 g/mol. The summed E-state index contributed by atoms with van der Waals surface area (Å²) in [5.74, 6) is 0.309. The number of ether oxygens (including phenoxy) is 1. The standard InChI is InChI=1S/C33H38FN3O3/c1-23-16-20-36(21-17-23)19-5-18-35-32(38)30-28-6-3-4-7-29(28)33(39)37(22-24-8-12-26(34)13-9-24)31(30)25-10-14-27(40-2)15-11-25/h3-4,6-15,23,30-31H,5,16-22H2,1-2H3,(H,35,38)/t30-,31-/m0/s1. The summed E-state index contributed by atoms with van der Waals surface area (Å²) in [6.07, 6.45) is 3.33. The van der Waals surface area contributed by atoms with Crippen LogP contribution in [0.1, 0.15) is 65.2 Å². The van der Waals surface area contributed by atoms with Gasteiger partial charge in [-0.25, -0.2) is 4.39 Å². The number of likely N-dealkylation sites (tertiary alicyclic amines) is 1. The van der Waals surface area contributed by atoms with Crippen molar-refractivity contribution in [3.8, 4) is 5.75 Å². The molecule has 2 heterocycles. The van der Waals surface area contributed by atoms with Gasteiger partial charge in [0.1, 0.15) is 11.6 Å². The van der Waals surface area contributed by atoms with Gasteiger partial charge in [-0.05, 0) is 91.8 Å². The Hall–Kier alpha value is -3.71. The van der Waals surface area contributed by atoms with E-state index in [0.717, 1.165) is 48.7 Å². The molecule has 3 aromatic rings. The van der Waals surface area contributed by atoms with E-state index in [-0.39, 0.29) is 24.2 Å². The quantitative estimate of drug-likeness (QED) is 0.360. The Balaban J connectivity index is 1.43. The molecule has 40 heavy (non-hydrogen) atoms. The number of halogens is 1. The highest BCUT2D eigenvalue weighted by molar-refractivity contribution is 6.01. The summed E-state index contributed by atoms with van der Waals surface area (Å²) in [6.45, 7) is 6.33. The molecule has 0 spiro atoms. The summed E-state index contributed by atoms with van der Waals surface area (Å²) in [5, 5.41) is 3.19. The van der Waals surface area contributed by atoms with E-state index < -0.39 is 12.0 Å². The predicted octanol–water partition coefficient (Wildman–Crippen LogP) is 5.55. The number of amides is 2. The number of piperidine rings is 1. The van der Waals surface area contributed by atoms with Crippen LogP contribution in [0.3, 0.4) is 0 Å². The van der Waals surface area contributed by atoms with Gasteiger partial charge in [-0.2, -0.15) is 0 Å². The third kappa shape index (κ3) is 6.20. The largest absolute Gasteiger partial charge is 0.497 e. The number of hydrogen-bond donors (Lipinski definition) is 1. The lowest BCUT2D eigenvalue weighted by Gasteiger charge is -2.42. The Morgan fingerprint density at radius 1 is 1.00 bits per heavy atom. The predicted molar refractivity (Wildman–Crippen MR) is 154 cm³/mol. The van der Waals surface area contributed by atoms with Gasteiger partial charge in [0.2, 0.25) is 5.91 Å². The fourth-order valence-corrected chi connectivity index (χ4v) is 5.92. The number of rotatable bonds is 9. The number of carbonyl (C=O) groups is 2. The molecular weight excluding hydrogens is 505 g/mol. The Bertz CT molecular complexity index is 1300. The van der Waals surface area contributed by atoms with Crippen molar-refractivity contribution < 1.29 is 18.7 Å². The lowest BCUT2D eigenvalue weighted by atomic mass is 9.79. The molecule has 1 saturated heterocycles. The van der Waals surface area contributed by atoms with Crippen molar-refractivity contribution in [2.24, 2.45) is 5.92 Å². The second-order valence-electron chi connectivity index (χ2n) is 11.0. The van der Waals surface area contributed by atoms with Crippen LogP contribution >= 0.6 is 0 Å². The minimum Gasteiger partial charge on any atom is -0.497 e. The molecule has 0 unspecified atom stereocenters. The Labute approximate surface area is 236 Å². The molecule has 0 aromatic heterocycles. The van der Waals surface area contributed by atoms with Crippen LogP contribution in [-0.2, 0) is 11.3 Å². The van der Waals surface area contributed by atoms with Crippen LogP contribution in [0.15, 0.2) is 72.8 Å². The van der Waals surface area contributed by atoms with E-state index in [9.17, 15) is 14.0 Å². The van der Waals surface area contributed by atoms with Gasteiger partial charge in [0, 0.05) is 18.7 Å². The number of carbonyl (C=O) groups excluding carboxylic acids is 2. The van der Waals surface area contributed by atoms with Gasteiger partial charge < -0.3 is 19.9 Å². The highest BCUT2D eigenvalue weighted by atomic mass is 19.1. The average Bonchev–Trinajstić information content (AvgIpc) is 2.98. The van der Waals surface area contributed by atoms with Crippen molar-refractivity contribution in [1.29, 1.82) is 0 Å². The van der Waals surface area contributed by atoms with E-state index in [4.69, 9.17) is 4.74 Å². The van der Waals surface area contributed by atoms with Gasteiger partial charge in [0.25, 0.3) is 5.91 Å². The Kier molecular flexibility index (Phi) is 8.80. The molecule has 0 aliphatic carbocycles. The van der Waals surface area contributed by atoms with Crippen molar-refractivity contribution in [3.63, 3.8) is 0 Å². The number of nitrogens with one attached hydrogen (secondary N) is 1. The molecule has 2 aliphatic rings. The average molecular weight is 544 g/mol. The molecule has 5 rings (SSSR count). The number of hydrogen-bond acceptors (Lipinski definition) is 4. The van der Waals surface area contributed by atoms with Crippen LogP contribution < -0.4 is 10.1 Å². The summed E-state index contributed by atoms with van der Waals surface area (Å²) in [5.41, 5.74) is 2.89. The fourth-order valence-electron chi connectivity index (χ4n) is 5.92. The van der Waals surface area contributed by atoms with E-state index >= 15 is 0 Å². The smallest absolute Gasteiger partial charge is 0.255 e. The molecule has 210 valence electrons. The van der Waals surface area contributed by atoms with Crippen molar-refractivity contribution in [2.45, 2.75) is 44.7 Å². The molecule has 2 aliphatic heterocycles. The summed E-state index contributed by atoms with van der Waals surface area (Å²) in [6, 6.07) is 20.5. The van der Waals surface area contributed by atoms with Crippen molar-refractivity contribution >= 4 is 11.8 Å². The van der Waals surface area contributed by atoms with Gasteiger partial charge in [-0.3, -0.25) is 9.59 Å². The van der Waals surface area contributed by atoms with Crippen LogP contribution in [0.4, 0.5) is 4.39 Å². The number of methoxy groups -OCH3 is 1. The zero-order valence-electron chi connectivity index (χ0n) is 23.3. The van der Waals surface area contributed by atoms with E-state index in [1.54, 1.807) is 30.2 Å².